The summed E-state index contributed by atoms with van der Waals surface area (Å²) < 4.78 is 5.02. The van der Waals surface area contributed by atoms with Crippen LogP contribution in [0.5, 0.6) is 5.75 Å². The Labute approximate surface area is 83.3 Å². The number of carbonyl (C=O) groups excluding carboxylic acids is 1. The van der Waals surface area contributed by atoms with Crippen molar-refractivity contribution in [2.24, 2.45) is 0 Å². The fraction of sp³-hybridized carbons (Fsp3) is 0.364. The van der Waals surface area contributed by atoms with Crippen LogP contribution in [0.1, 0.15) is 22.8 Å². The normalized spacial score (nSPS) is 12.3. The summed E-state index contributed by atoms with van der Waals surface area (Å²) in [4.78, 5) is 11.5. The number of aliphatic hydroxyl groups is 1. The monoisotopic (exact) mass is 194 g/mol. The van der Waals surface area contributed by atoms with Gasteiger partial charge in [-0.1, -0.05) is 0 Å². The Morgan fingerprint density at radius 1 is 1.50 bits per heavy atom. The Morgan fingerprint density at radius 3 is 2.57 bits per heavy atom. The Morgan fingerprint density at radius 2 is 2.14 bits per heavy atom. The lowest BCUT2D eigenvalue weighted by atomic mass is 10.0. The molecule has 0 aliphatic carbocycles. The molecule has 3 heteroatoms. The highest BCUT2D eigenvalue weighted by atomic mass is 16.5. The Bertz CT molecular complexity index is 342. The first-order chi connectivity index (χ1) is 6.56. The molecule has 0 aliphatic heterocycles. The van der Waals surface area contributed by atoms with Crippen LogP contribution in [-0.2, 0) is 0 Å². The van der Waals surface area contributed by atoms with Crippen molar-refractivity contribution < 1.29 is 14.6 Å². The summed E-state index contributed by atoms with van der Waals surface area (Å²) in [6.07, 6.45) is -0.956. The van der Waals surface area contributed by atoms with Crippen molar-refractivity contribution in [2.45, 2.75) is 20.0 Å². The molecule has 1 rings (SSSR count). The van der Waals surface area contributed by atoms with E-state index in [4.69, 9.17) is 9.84 Å². The molecule has 1 unspecified atom stereocenters. The van der Waals surface area contributed by atoms with Crippen molar-refractivity contribution in [1.82, 2.24) is 0 Å². The molecule has 0 aliphatic rings. The number of ketones is 1. The van der Waals surface area contributed by atoms with E-state index in [1.54, 1.807) is 25.3 Å². The molecule has 3 nitrogen and oxygen atoms in total. The van der Waals surface area contributed by atoms with Gasteiger partial charge in [0.15, 0.2) is 5.78 Å². The van der Waals surface area contributed by atoms with E-state index in [9.17, 15) is 4.79 Å². The summed E-state index contributed by atoms with van der Waals surface area (Å²) in [5.41, 5.74) is 1.36. The average Bonchev–Trinajstić information content (AvgIpc) is 2.16. The van der Waals surface area contributed by atoms with Crippen LogP contribution in [0.3, 0.4) is 0 Å². The second-order valence-corrected chi connectivity index (χ2v) is 3.22. The highest BCUT2D eigenvalue weighted by molar-refractivity contribution is 6.00. The maximum Gasteiger partial charge on any atom is 0.191 e. The third-order valence-corrected chi connectivity index (χ3v) is 2.08. The van der Waals surface area contributed by atoms with Crippen LogP contribution in [0, 0.1) is 6.92 Å². The highest BCUT2D eigenvalue weighted by Crippen LogP contribution is 2.18. The van der Waals surface area contributed by atoms with E-state index in [1.807, 2.05) is 6.92 Å². The first kappa shape index (κ1) is 10.7. The molecular weight excluding hydrogens is 180 g/mol. The molecule has 0 spiro atoms. The number of rotatable bonds is 3. The van der Waals surface area contributed by atoms with Crippen LogP contribution < -0.4 is 4.74 Å². The van der Waals surface area contributed by atoms with E-state index >= 15 is 0 Å². The number of methoxy groups -OCH3 is 1. The zero-order valence-corrected chi connectivity index (χ0v) is 8.57. The number of ether oxygens (including phenoxy) is 1. The van der Waals surface area contributed by atoms with Gasteiger partial charge in [-0.25, -0.2) is 0 Å². The first-order valence-corrected chi connectivity index (χ1v) is 4.43. The predicted octanol–water partition coefficient (Wildman–Crippen LogP) is 1.57. The van der Waals surface area contributed by atoms with Crippen LogP contribution in [-0.4, -0.2) is 24.1 Å². The minimum Gasteiger partial charge on any atom is -0.497 e. The highest BCUT2D eigenvalue weighted by Gasteiger charge is 2.14. The first-order valence-electron chi connectivity index (χ1n) is 4.43. The van der Waals surface area contributed by atoms with Crippen molar-refractivity contribution in [3.8, 4) is 5.75 Å². The van der Waals surface area contributed by atoms with Gasteiger partial charge >= 0.3 is 0 Å². The number of aryl methyl sites for hydroxylation is 1. The van der Waals surface area contributed by atoms with E-state index in [-0.39, 0.29) is 5.78 Å². The average molecular weight is 194 g/mol. The van der Waals surface area contributed by atoms with Crippen LogP contribution >= 0.6 is 0 Å². The van der Waals surface area contributed by atoms with Gasteiger partial charge in [0.05, 0.1) is 7.11 Å². The molecule has 1 atom stereocenters. The quantitative estimate of drug-likeness (QED) is 0.743. The van der Waals surface area contributed by atoms with Crippen LogP contribution in [0.15, 0.2) is 18.2 Å². The molecule has 1 aromatic carbocycles. The third-order valence-electron chi connectivity index (χ3n) is 2.08. The Kier molecular flexibility index (Phi) is 3.25. The zero-order valence-electron chi connectivity index (χ0n) is 8.57. The maximum absolute atomic E-state index is 11.5. The lowest BCUT2D eigenvalue weighted by Gasteiger charge is -2.08. The molecule has 0 saturated carbocycles. The number of hydrogen-bond acceptors (Lipinski definition) is 3. The second-order valence-electron chi connectivity index (χ2n) is 3.22. The summed E-state index contributed by atoms with van der Waals surface area (Å²) >= 11 is 0. The Hall–Kier alpha value is -1.35. The molecule has 0 radical (unpaired) electrons. The fourth-order valence-corrected chi connectivity index (χ4v) is 1.26. The molecule has 1 aromatic rings. The van der Waals surface area contributed by atoms with Gasteiger partial charge in [0, 0.05) is 5.56 Å². The lowest BCUT2D eigenvalue weighted by molar-refractivity contribution is 0.0779. The predicted molar refractivity (Wildman–Crippen MR) is 53.7 cm³/mol. The van der Waals surface area contributed by atoms with E-state index in [2.05, 4.69) is 0 Å². The molecule has 0 saturated heterocycles. The summed E-state index contributed by atoms with van der Waals surface area (Å²) in [6.45, 7) is 3.28. The van der Waals surface area contributed by atoms with Crippen molar-refractivity contribution in [3.05, 3.63) is 29.3 Å². The summed E-state index contributed by atoms with van der Waals surface area (Å²) in [5.74, 6) is 0.454. The molecular formula is C11H14O3. The Balaban J connectivity index is 3.06. The number of Topliss-reactive ketones (excluding diaryl/α,β-unsaturated/α-hetero) is 1. The van der Waals surface area contributed by atoms with Crippen LogP contribution in [0.2, 0.25) is 0 Å². The van der Waals surface area contributed by atoms with E-state index in [0.29, 0.717) is 11.3 Å². The molecule has 0 amide bonds. The number of carbonyl (C=O) groups is 1. The summed E-state index contributed by atoms with van der Waals surface area (Å²) in [6, 6.07) is 5.15. The van der Waals surface area contributed by atoms with Gasteiger partial charge in [0.1, 0.15) is 11.9 Å². The molecule has 0 fully saturated rings. The molecule has 0 aromatic heterocycles. The van der Waals surface area contributed by atoms with Gasteiger partial charge in [-0.05, 0) is 37.6 Å². The number of aliphatic hydroxyl groups excluding tert-OH is 1. The van der Waals surface area contributed by atoms with Crippen LogP contribution in [0.4, 0.5) is 0 Å². The molecule has 1 N–H and O–H groups in total. The van der Waals surface area contributed by atoms with E-state index in [1.165, 1.54) is 6.92 Å². The largest absolute Gasteiger partial charge is 0.497 e. The summed E-state index contributed by atoms with van der Waals surface area (Å²) in [7, 11) is 1.57. The molecule has 0 heterocycles. The maximum atomic E-state index is 11.5. The van der Waals surface area contributed by atoms with Crippen molar-refractivity contribution in [3.63, 3.8) is 0 Å². The van der Waals surface area contributed by atoms with Gasteiger partial charge in [0.25, 0.3) is 0 Å². The second kappa shape index (κ2) is 4.24. The van der Waals surface area contributed by atoms with Crippen LogP contribution in [0.25, 0.3) is 0 Å². The smallest absolute Gasteiger partial charge is 0.191 e. The molecule has 0 bridgehead atoms. The van der Waals surface area contributed by atoms with Gasteiger partial charge in [0.2, 0.25) is 0 Å². The topological polar surface area (TPSA) is 46.5 Å². The van der Waals surface area contributed by atoms with Crippen molar-refractivity contribution in [2.75, 3.05) is 7.11 Å². The SMILES string of the molecule is COc1ccc(C(=O)C(C)O)c(C)c1. The van der Waals surface area contributed by atoms with Gasteiger partial charge in [-0.2, -0.15) is 0 Å². The fourth-order valence-electron chi connectivity index (χ4n) is 1.26. The van der Waals surface area contributed by atoms with Crippen molar-refractivity contribution in [1.29, 1.82) is 0 Å². The lowest BCUT2D eigenvalue weighted by Crippen LogP contribution is -2.17. The summed E-state index contributed by atoms with van der Waals surface area (Å²) in [5, 5.41) is 9.14. The van der Waals surface area contributed by atoms with Gasteiger partial charge in [-0.3, -0.25) is 4.79 Å². The zero-order chi connectivity index (χ0) is 10.7. The van der Waals surface area contributed by atoms with Crippen molar-refractivity contribution >= 4 is 5.78 Å². The molecule has 76 valence electrons. The van der Waals surface area contributed by atoms with E-state index < -0.39 is 6.10 Å². The number of hydrogen-bond donors (Lipinski definition) is 1. The van der Waals surface area contributed by atoms with Gasteiger partial charge in [-0.15, -0.1) is 0 Å². The van der Waals surface area contributed by atoms with Gasteiger partial charge < -0.3 is 9.84 Å². The minimum absolute atomic E-state index is 0.259. The standard InChI is InChI=1S/C11H14O3/c1-7-6-9(14-3)4-5-10(7)11(13)8(2)12/h4-6,8,12H,1-3H3. The third kappa shape index (κ3) is 2.12. The van der Waals surface area contributed by atoms with E-state index in [0.717, 1.165) is 5.56 Å². The minimum atomic E-state index is -0.956. The number of benzene rings is 1. The molecule has 14 heavy (non-hydrogen) atoms.